The van der Waals surface area contributed by atoms with Gasteiger partial charge in [-0.2, -0.15) is 0 Å². The van der Waals surface area contributed by atoms with Crippen LogP contribution in [0.3, 0.4) is 0 Å². The molecular weight excluding hydrogens is 584 g/mol. The van der Waals surface area contributed by atoms with Crippen LogP contribution in [-0.4, -0.2) is 77.2 Å². The Labute approximate surface area is 271 Å². The molecular formula is C35H46N6O5. The molecule has 0 radical (unpaired) electrons. The number of unbranched alkanes of at least 4 members (excludes halogenated alkanes) is 2. The van der Waals surface area contributed by atoms with Gasteiger partial charge in [-0.1, -0.05) is 55.0 Å². The second-order valence-electron chi connectivity index (χ2n) is 12.0. The maximum absolute atomic E-state index is 12.3. The first-order valence-electron chi connectivity index (χ1n) is 16.3. The Morgan fingerprint density at radius 2 is 1.57 bits per heavy atom. The van der Waals surface area contributed by atoms with Gasteiger partial charge in [0, 0.05) is 83.5 Å². The molecule has 3 heterocycles. The molecule has 3 atom stereocenters. The summed E-state index contributed by atoms with van der Waals surface area (Å²) in [4.78, 5) is 36.7. The highest BCUT2D eigenvalue weighted by Crippen LogP contribution is 2.38. The van der Waals surface area contributed by atoms with Gasteiger partial charge in [0.05, 0.1) is 18.8 Å². The van der Waals surface area contributed by atoms with Crippen molar-refractivity contribution in [2.45, 2.75) is 70.7 Å². The number of hydrogen-bond donors (Lipinski definition) is 3. The zero-order chi connectivity index (χ0) is 32.1. The number of anilines is 1. The van der Waals surface area contributed by atoms with Crippen LogP contribution in [-0.2, 0) is 32.2 Å². The third kappa shape index (κ3) is 10.1. The van der Waals surface area contributed by atoms with E-state index in [1.807, 2.05) is 54.6 Å². The first-order valence-corrected chi connectivity index (χ1v) is 16.3. The molecule has 2 aliphatic heterocycles. The van der Waals surface area contributed by atoms with Crippen molar-refractivity contribution in [1.82, 2.24) is 25.5 Å². The van der Waals surface area contributed by atoms with Crippen molar-refractivity contribution >= 4 is 17.8 Å². The van der Waals surface area contributed by atoms with Crippen LogP contribution in [0.25, 0.3) is 0 Å². The van der Waals surface area contributed by atoms with E-state index < -0.39 is 6.29 Å². The number of aromatic nitrogens is 2. The maximum Gasteiger partial charge on any atom is 0.225 e. The SMILES string of the molecule is CC(=O)NCCCCCC(=O)NCc1ccc(C2OC(CN3CCN(c4ncccn4)CC3)CC(c3ccc(CO)cc3)O2)cc1. The van der Waals surface area contributed by atoms with E-state index in [1.165, 1.54) is 6.92 Å². The Morgan fingerprint density at radius 1 is 0.870 bits per heavy atom. The van der Waals surface area contributed by atoms with Crippen LogP contribution in [0.4, 0.5) is 5.95 Å². The molecule has 0 bridgehead atoms. The fourth-order valence-corrected chi connectivity index (χ4v) is 5.84. The highest BCUT2D eigenvalue weighted by Gasteiger charge is 2.34. The van der Waals surface area contributed by atoms with Crippen molar-refractivity contribution in [2.75, 3.05) is 44.2 Å². The molecule has 2 aliphatic rings. The summed E-state index contributed by atoms with van der Waals surface area (Å²) >= 11 is 0. The monoisotopic (exact) mass is 630 g/mol. The lowest BCUT2D eigenvalue weighted by atomic mass is 9.99. The van der Waals surface area contributed by atoms with Crippen LogP contribution < -0.4 is 15.5 Å². The summed E-state index contributed by atoms with van der Waals surface area (Å²) in [6.45, 7) is 6.94. The van der Waals surface area contributed by atoms with Crippen LogP contribution in [0.1, 0.15) is 73.7 Å². The van der Waals surface area contributed by atoms with E-state index in [2.05, 4.69) is 30.4 Å². The minimum absolute atomic E-state index is 0.00685. The number of ether oxygens (including phenoxy) is 2. The number of carbonyl (C=O) groups is 2. The molecule has 5 rings (SSSR count). The third-order valence-electron chi connectivity index (χ3n) is 8.48. The van der Waals surface area contributed by atoms with Crippen molar-refractivity contribution < 1.29 is 24.2 Å². The Hall–Kier alpha value is -3.90. The van der Waals surface area contributed by atoms with Crippen molar-refractivity contribution in [3.05, 3.63) is 89.2 Å². The molecule has 3 unspecified atom stereocenters. The molecule has 46 heavy (non-hydrogen) atoms. The number of hydrogen-bond acceptors (Lipinski definition) is 9. The van der Waals surface area contributed by atoms with E-state index in [4.69, 9.17) is 9.47 Å². The number of nitrogens with zero attached hydrogens (tertiary/aromatic N) is 4. The zero-order valence-corrected chi connectivity index (χ0v) is 26.6. The van der Waals surface area contributed by atoms with E-state index in [9.17, 15) is 14.7 Å². The van der Waals surface area contributed by atoms with E-state index in [0.29, 0.717) is 19.5 Å². The van der Waals surface area contributed by atoms with Gasteiger partial charge in [0.2, 0.25) is 17.8 Å². The molecule has 246 valence electrons. The van der Waals surface area contributed by atoms with Gasteiger partial charge in [-0.3, -0.25) is 14.5 Å². The Kier molecular flexibility index (Phi) is 12.5. The van der Waals surface area contributed by atoms with Gasteiger partial charge >= 0.3 is 0 Å². The van der Waals surface area contributed by atoms with Gasteiger partial charge < -0.3 is 30.1 Å². The number of piperazine rings is 1. The van der Waals surface area contributed by atoms with Gasteiger partial charge in [-0.25, -0.2) is 9.97 Å². The van der Waals surface area contributed by atoms with Gasteiger partial charge in [0.25, 0.3) is 0 Å². The Bertz CT molecular complexity index is 1370. The van der Waals surface area contributed by atoms with Crippen molar-refractivity contribution in [3.8, 4) is 0 Å². The highest BCUT2D eigenvalue weighted by atomic mass is 16.7. The molecule has 3 aromatic rings. The van der Waals surface area contributed by atoms with Crippen molar-refractivity contribution in [1.29, 1.82) is 0 Å². The Morgan fingerprint density at radius 3 is 2.26 bits per heavy atom. The van der Waals surface area contributed by atoms with Gasteiger partial charge in [-0.15, -0.1) is 0 Å². The predicted molar refractivity (Wildman–Crippen MR) is 175 cm³/mol. The molecule has 11 nitrogen and oxygen atoms in total. The van der Waals surface area contributed by atoms with Gasteiger partial charge in [-0.05, 0) is 35.6 Å². The average molecular weight is 631 g/mol. The molecule has 0 saturated carbocycles. The molecule has 2 saturated heterocycles. The lowest BCUT2D eigenvalue weighted by molar-refractivity contribution is -0.253. The summed E-state index contributed by atoms with van der Waals surface area (Å²) in [5.41, 5.74) is 3.87. The number of rotatable bonds is 14. The smallest absolute Gasteiger partial charge is 0.225 e. The largest absolute Gasteiger partial charge is 0.392 e. The lowest BCUT2D eigenvalue weighted by Gasteiger charge is -2.40. The van der Waals surface area contributed by atoms with E-state index in [1.54, 1.807) is 12.4 Å². The number of carbonyl (C=O) groups excluding carboxylic acids is 2. The second kappa shape index (κ2) is 17.1. The van der Waals surface area contributed by atoms with Crippen LogP contribution in [0.2, 0.25) is 0 Å². The molecule has 2 aromatic carbocycles. The lowest BCUT2D eigenvalue weighted by Crippen LogP contribution is -2.50. The third-order valence-corrected chi connectivity index (χ3v) is 8.48. The topological polar surface area (TPSA) is 129 Å². The number of benzene rings is 2. The molecule has 2 amide bonds. The van der Waals surface area contributed by atoms with E-state index in [-0.39, 0.29) is 30.6 Å². The van der Waals surface area contributed by atoms with Crippen molar-refractivity contribution in [2.24, 2.45) is 0 Å². The maximum atomic E-state index is 12.3. The highest BCUT2D eigenvalue weighted by molar-refractivity contribution is 5.75. The molecule has 2 fully saturated rings. The fraction of sp³-hybridized carbons (Fsp3) is 0.486. The van der Waals surface area contributed by atoms with Crippen molar-refractivity contribution in [3.63, 3.8) is 0 Å². The molecule has 0 aliphatic carbocycles. The first-order chi connectivity index (χ1) is 22.5. The summed E-state index contributed by atoms with van der Waals surface area (Å²) in [5.74, 6) is 0.773. The summed E-state index contributed by atoms with van der Waals surface area (Å²) in [6.07, 6.45) is 6.62. The summed E-state index contributed by atoms with van der Waals surface area (Å²) in [5, 5.41) is 15.3. The zero-order valence-electron chi connectivity index (χ0n) is 26.6. The minimum atomic E-state index is -0.526. The normalized spacial score (nSPS) is 20.3. The molecule has 3 N–H and O–H groups in total. The summed E-state index contributed by atoms with van der Waals surface area (Å²) in [6, 6.07) is 17.8. The first kappa shape index (κ1) is 33.5. The predicted octanol–water partition coefficient (Wildman–Crippen LogP) is 3.65. The molecule has 0 spiro atoms. The number of aliphatic hydroxyl groups is 1. The Balaban J connectivity index is 1.15. The van der Waals surface area contributed by atoms with E-state index in [0.717, 1.165) is 86.6 Å². The fourth-order valence-electron chi connectivity index (χ4n) is 5.84. The van der Waals surface area contributed by atoms with Crippen LogP contribution in [0.5, 0.6) is 0 Å². The summed E-state index contributed by atoms with van der Waals surface area (Å²) < 4.78 is 13.1. The minimum Gasteiger partial charge on any atom is -0.392 e. The second-order valence-corrected chi connectivity index (χ2v) is 12.0. The van der Waals surface area contributed by atoms with Gasteiger partial charge in [0.1, 0.15) is 0 Å². The summed E-state index contributed by atoms with van der Waals surface area (Å²) in [7, 11) is 0. The van der Waals surface area contributed by atoms with Crippen LogP contribution in [0, 0.1) is 0 Å². The van der Waals surface area contributed by atoms with E-state index >= 15 is 0 Å². The van der Waals surface area contributed by atoms with Gasteiger partial charge in [0.15, 0.2) is 6.29 Å². The van der Waals surface area contributed by atoms with Crippen LogP contribution >= 0.6 is 0 Å². The quantitative estimate of drug-likeness (QED) is 0.229. The standard InChI is InChI=1S/C35H46N6O5/c1-26(43)36-15-4-2-3-6-33(44)39-23-27-7-13-30(14-8-27)34-45-31(22-32(46-34)29-11-9-28(25-42)10-12-29)24-40-18-20-41(21-19-40)35-37-16-5-17-38-35/h5,7-14,16-17,31-32,34,42H,2-4,6,15,18-25H2,1H3,(H,36,43)(H,39,44). The number of nitrogens with one attached hydrogen (secondary N) is 2. The number of amides is 2. The van der Waals surface area contributed by atoms with Crippen LogP contribution in [0.15, 0.2) is 67.0 Å². The number of aliphatic hydroxyl groups excluding tert-OH is 1. The average Bonchev–Trinajstić information content (AvgIpc) is 3.09. The molecule has 1 aromatic heterocycles. The molecule has 11 heteroatoms.